The van der Waals surface area contributed by atoms with Crippen molar-refractivity contribution in [2.45, 2.75) is 0 Å². The van der Waals surface area contributed by atoms with Crippen LogP contribution in [0.2, 0.25) is 5.28 Å². The fourth-order valence-corrected chi connectivity index (χ4v) is 2.61. The fraction of sp³-hybridized carbons (Fsp3) is 0.0714. The number of aromatic nitrogens is 3. The van der Waals surface area contributed by atoms with E-state index >= 15 is 0 Å². The standard InChI is InChI=1S/C14H11ClN4OS/c1-20-10-4-2-9(3-5-10)11-8-21-14(17-11)19-12-6-7-16-13(15)18-12/h2-8H,1H3,(H,16,17,18,19). The summed E-state index contributed by atoms with van der Waals surface area (Å²) in [4.78, 5) is 12.4. The van der Waals surface area contributed by atoms with Crippen molar-refractivity contribution in [2.75, 3.05) is 12.4 Å². The number of halogens is 1. The number of nitrogens with one attached hydrogen (secondary N) is 1. The average Bonchev–Trinajstić information content (AvgIpc) is 2.96. The van der Waals surface area contributed by atoms with Gasteiger partial charge < -0.3 is 10.1 Å². The zero-order valence-electron chi connectivity index (χ0n) is 11.1. The zero-order valence-corrected chi connectivity index (χ0v) is 12.6. The quantitative estimate of drug-likeness (QED) is 0.737. The Kier molecular flexibility index (Phi) is 3.98. The van der Waals surface area contributed by atoms with E-state index in [-0.39, 0.29) is 5.28 Å². The van der Waals surface area contributed by atoms with Crippen LogP contribution in [-0.2, 0) is 0 Å². The molecule has 2 heterocycles. The van der Waals surface area contributed by atoms with Crippen molar-refractivity contribution >= 4 is 33.9 Å². The molecular formula is C14H11ClN4OS. The van der Waals surface area contributed by atoms with Crippen LogP contribution in [0.5, 0.6) is 5.75 Å². The lowest BCUT2D eigenvalue weighted by Crippen LogP contribution is -1.94. The first-order valence-electron chi connectivity index (χ1n) is 6.10. The van der Waals surface area contributed by atoms with Gasteiger partial charge in [0.15, 0.2) is 5.13 Å². The fourth-order valence-electron chi connectivity index (χ4n) is 1.74. The summed E-state index contributed by atoms with van der Waals surface area (Å²) in [5, 5.41) is 6.03. The molecule has 0 saturated heterocycles. The van der Waals surface area contributed by atoms with Gasteiger partial charge in [0.05, 0.1) is 12.8 Å². The Morgan fingerprint density at radius 1 is 1.14 bits per heavy atom. The Balaban J connectivity index is 1.79. The van der Waals surface area contributed by atoms with Gasteiger partial charge in [0, 0.05) is 17.1 Å². The number of methoxy groups -OCH3 is 1. The molecule has 2 aromatic heterocycles. The molecule has 0 aliphatic heterocycles. The summed E-state index contributed by atoms with van der Waals surface area (Å²) in [6.45, 7) is 0. The number of benzene rings is 1. The van der Waals surface area contributed by atoms with E-state index < -0.39 is 0 Å². The number of hydrogen-bond acceptors (Lipinski definition) is 6. The summed E-state index contributed by atoms with van der Waals surface area (Å²) >= 11 is 7.25. The number of thiazole rings is 1. The van der Waals surface area contributed by atoms with Crippen LogP contribution in [0.15, 0.2) is 41.9 Å². The van der Waals surface area contributed by atoms with Crippen molar-refractivity contribution in [3.8, 4) is 17.0 Å². The van der Waals surface area contributed by atoms with Gasteiger partial charge in [-0.05, 0) is 41.9 Å². The minimum absolute atomic E-state index is 0.201. The predicted octanol–water partition coefficient (Wildman–Crippen LogP) is 4.01. The molecule has 0 spiro atoms. The SMILES string of the molecule is COc1ccc(-c2csc(Nc3ccnc(Cl)n3)n2)cc1. The predicted molar refractivity (Wildman–Crippen MR) is 84.4 cm³/mol. The summed E-state index contributed by atoms with van der Waals surface area (Å²) < 4.78 is 5.14. The molecule has 0 aliphatic carbocycles. The van der Waals surface area contributed by atoms with Crippen LogP contribution in [-0.4, -0.2) is 22.1 Å². The van der Waals surface area contributed by atoms with Gasteiger partial charge in [-0.1, -0.05) is 0 Å². The van der Waals surface area contributed by atoms with Gasteiger partial charge in [-0.2, -0.15) is 0 Å². The second-order valence-electron chi connectivity index (χ2n) is 4.10. The molecule has 1 aromatic carbocycles. The minimum Gasteiger partial charge on any atom is -0.497 e. The lowest BCUT2D eigenvalue weighted by molar-refractivity contribution is 0.415. The second-order valence-corrected chi connectivity index (χ2v) is 5.30. The molecule has 1 N–H and O–H groups in total. The number of hydrogen-bond donors (Lipinski definition) is 1. The first kappa shape index (κ1) is 13.8. The zero-order chi connectivity index (χ0) is 14.7. The van der Waals surface area contributed by atoms with Crippen LogP contribution in [0.25, 0.3) is 11.3 Å². The summed E-state index contributed by atoms with van der Waals surface area (Å²) in [6.07, 6.45) is 1.59. The summed E-state index contributed by atoms with van der Waals surface area (Å²) in [5.41, 5.74) is 1.92. The van der Waals surface area contributed by atoms with E-state index in [0.717, 1.165) is 22.1 Å². The van der Waals surface area contributed by atoms with Crippen molar-refractivity contribution < 1.29 is 4.74 Å². The second kappa shape index (κ2) is 6.07. The maximum atomic E-state index is 5.75. The first-order valence-corrected chi connectivity index (χ1v) is 7.36. The average molecular weight is 319 g/mol. The molecule has 3 rings (SSSR count). The Morgan fingerprint density at radius 2 is 1.95 bits per heavy atom. The van der Waals surface area contributed by atoms with Crippen LogP contribution in [0.3, 0.4) is 0 Å². The monoisotopic (exact) mass is 318 g/mol. The van der Waals surface area contributed by atoms with E-state index in [1.807, 2.05) is 29.6 Å². The van der Waals surface area contributed by atoms with E-state index in [1.54, 1.807) is 19.4 Å². The van der Waals surface area contributed by atoms with Crippen LogP contribution in [0.4, 0.5) is 10.9 Å². The normalized spacial score (nSPS) is 10.4. The molecule has 5 nitrogen and oxygen atoms in total. The number of rotatable bonds is 4. The van der Waals surface area contributed by atoms with E-state index in [4.69, 9.17) is 16.3 Å². The molecule has 0 unspecified atom stereocenters. The number of nitrogens with zero attached hydrogens (tertiary/aromatic N) is 3. The number of ether oxygens (including phenoxy) is 1. The highest BCUT2D eigenvalue weighted by atomic mass is 35.5. The lowest BCUT2D eigenvalue weighted by Gasteiger charge is -2.01. The Hall–Kier alpha value is -2.18. The van der Waals surface area contributed by atoms with Crippen molar-refractivity contribution in [1.82, 2.24) is 15.0 Å². The third-order valence-electron chi connectivity index (χ3n) is 2.75. The van der Waals surface area contributed by atoms with E-state index in [0.29, 0.717) is 5.82 Å². The molecule has 106 valence electrons. The van der Waals surface area contributed by atoms with E-state index in [9.17, 15) is 0 Å². The van der Waals surface area contributed by atoms with Gasteiger partial charge in [0.2, 0.25) is 5.28 Å². The molecule has 0 atom stereocenters. The Labute approximate surface area is 130 Å². The lowest BCUT2D eigenvalue weighted by atomic mass is 10.2. The molecule has 3 aromatic rings. The summed E-state index contributed by atoms with van der Waals surface area (Å²) in [5.74, 6) is 1.44. The third kappa shape index (κ3) is 3.29. The first-order chi connectivity index (χ1) is 10.2. The molecule has 0 amide bonds. The van der Waals surface area contributed by atoms with E-state index in [1.165, 1.54) is 11.3 Å². The molecule has 0 aliphatic rings. The molecule has 21 heavy (non-hydrogen) atoms. The van der Waals surface area contributed by atoms with Gasteiger partial charge in [-0.3, -0.25) is 0 Å². The van der Waals surface area contributed by atoms with Crippen molar-refractivity contribution in [3.63, 3.8) is 0 Å². The molecule has 0 fully saturated rings. The maximum Gasteiger partial charge on any atom is 0.224 e. The molecule has 0 radical (unpaired) electrons. The van der Waals surface area contributed by atoms with E-state index in [2.05, 4.69) is 20.3 Å². The van der Waals surface area contributed by atoms with Crippen LogP contribution >= 0.6 is 22.9 Å². The summed E-state index contributed by atoms with van der Waals surface area (Å²) in [7, 11) is 1.65. The van der Waals surface area contributed by atoms with Crippen LogP contribution in [0, 0.1) is 0 Å². The molecule has 0 bridgehead atoms. The third-order valence-corrected chi connectivity index (χ3v) is 3.69. The van der Waals surface area contributed by atoms with Gasteiger partial charge in [0.25, 0.3) is 0 Å². The minimum atomic E-state index is 0.201. The smallest absolute Gasteiger partial charge is 0.224 e. The van der Waals surface area contributed by atoms with Gasteiger partial charge in [-0.25, -0.2) is 15.0 Å². The summed E-state index contributed by atoms with van der Waals surface area (Å²) in [6, 6.07) is 9.50. The molecular weight excluding hydrogens is 308 g/mol. The maximum absolute atomic E-state index is 5.75. The van der Waals surface area contributed by atoms with Gasteiger partial charge in [0.1, 0.15) is 11.6 Å². The van der Waals surface area contributed by atoms with Crippen LogP contribution in [0.1, 0.15) is 0 Å². The van der Waals surface area contributed by atoms with Crippen molar-refractivity contribution in [3.05, 3.63) is 47.2 Å². The largest absolute Gasteiger partial charge is 0.497 e. The number of anilines is 2. The highest BCUT2D eigenvalue weighted by Gasteiger charge is 2.06. The van der Waals surface area contributed by atoms with Gasteiger partial charge in [-0.15, -0.1) is 11.3 Å². The Bertz CT molecular complexity index is 745. The molecule has 0 saturated carbocycles. The van der Waals surface area contributed by atoms with Gasteiger partial charge >= 0.3 is 0 Å². The highest BCUT2D eigenvalue weighted by Crippen LogP contribution is 2.27. The van der Waals surface area contributed by atoms with Crippen molar-refractivity contribution in [2.24, 2.45) is 0 Å². The topological polar surface area (TPSA) is 59.9 Å². The molecule has 7 heteroatoms. The van der Waals surface area contributed by atoms with Crippen molar-refractivity contribution in [1.29, 1.82) is 0 Å². The Morgan fingerprint density at radius 3 is 2.67 bits per heavy atom. The highest BCUT2D eigenvalue weighted by molar-refractivity contribution is 7.14. The van der Waals surface area contributed by atoms with Crippen LogP contribution < -0.4 is 10.1 Å².